The molecule has 0 aliphatic rings. The van der Waals surface area contributed by atoms with Crippen LogP contribution in [0.1, 0.15) is 17.2 Å². The van der Waals surface area contributed by atoms with Crippen LogP contribution >= 0.6 is 27.3 Å². The summed E-state index contributed by atoms with van der Waals surface area (Å²) in [4.78, 5) is 2.08. The summed E-state index contributed by atoms with van der Waals surface area (Å²) in [6.07, 6.45) is 0. The highest BCUT2D eigenvalue weighted by molar-refractivity contribution is 9.10. The van der Waals surface area contributed by atoms with Crippen LogP contribution in [-0.2, 0) is 0 Å². The first-order valence-corrected chi connectivity index (χ1v) is 7.32. The Hall–Kier alpha value is -0.880. The summed E-state index contributed by atoms with van der Waals surface area (Å²) in [7, 11) is 4.06. The van der Waals surface area contributed by atoms with Gasteiger partial charge in [0.25, 0.3) is 0 Å². The number of halogens is 1. The molecule has 0 bridgehead atoms. The molecule has 18 heavy (non-hydrogen) atoms. The zero-order valence-electron chi connectivity index (χ0n) is 10.4. The molecule has 0 saturated heterocycles. The molecule has 0 radical (unpaired) electrons. The normalized spacial score (nSPS) is 12.4. The maximum atomic E-state index is 5.69. The largest absolute Gasteiger partial charge is 0.378 e. The Balaban J connectivity index is 2.31. The fraction of sp³-hybridized carbons (Fsp3) is 0.231. The molecule has 1 aromatic heterocycles. The average Bonchev–Trinajstić information content (AvgIpc) is 2.78. The van der Waals surface area contributed by atoms with Crippen LogP contribution in [0.4, 0.5) is 5.69 Å². The van der Waals surface area contributed by atoms with Gasteiger partial charge in [-0.05, 0) is 44.6 Å². The van der Waals surface area contributed by atoms with Crippen molar-refractivity contribution in [1.29, 1.82) is 0 Å². The molecule has 2 aromatic rings. The van der Waals surface area contributed by atoms with Crippen molar-refractivity contribution in [3.8, 4) is 0 Å². The van der Waals surface area contributed by atoms with Gasteiger partial charge in [0.1, 0.15) is 0 Å². The van der Waals surface area contributed by atoms with E-state index in [1.54, 1.807) is 11.3 Å². The van der Waals surface area contributed by atoms with Gasteiger partial charge in [-0.15, -0.1) is 0 Å². The van der Waals surface area contributed by atoms with Crippen molar-refractivity contribution in [2.45, 2.75) is 6.04 Å². The molecule has 1 unspecified atom stereocenters. The first kappa shape index (κ1) is 13.5. The monoisotopic (exact) mass is 325 g/mol. The zero-order valence-corrected chi connectivity index (χ0v) is 12.8. The van der Waals surface area contributed by atoms with Gasteiger partial charge in [0.2, 0.25) is 0 Å². The molecule has 0 fully saturated rings. The Kier molecular flexibility index (Phi) is 4.40. The second-order valence-corrected chi connectivity index (χ2v) is 5.86. The van der Waals surface area contributed by atoms with Gasteiger partial charge < -0.3 is 4.90 Å². The second kappa shape index (κ2) is 5.84. The van der Waals surface area contributed by atoms with Gasteiger partial charge in [0.15, 0.2) is 0 Å². The lowest BCUT2D eigenvalue weighted by Gasteiger charge is -2.18. The van der Waals surface area contributed by atoms with Crippen LogP contribution < -0.4 is 16.2 Å². The molecule has 3 nitrogen and oxygen atoms in total. The minimum absolute atomic E-state index is 0.0156. The van der Waals surface area contributed by atoms with E-state index in [1.165, 1.54) is 11.3 Å². The van der Waals surface area contributed by atoms with Gasteiger partial charge >= 0.3 is 0 Å². The summed E-state index contributed by atoms with van der Waals surface area (Å²) in [6, 6.07) is 8.41. The smallest absolute Gasteiger partial charge is 0.0729 e. The number of rotatable bonds is 4. The van der Waals surface area contributed by atoms with Crippen molar-refractivity contribution in [3.63, 3.8) is 0 Å². The first-order valence-electron chi connectivity index (χ1n) is 5.58. The Bertz CT molecular complexity index is 507. The van der Waals surface area contributed by atoms with E-state index in [0.29, 0.717) is 0 Å². The summed E-state index contributed by atoms with van der Waals surface area (Å²) in [5, 5.41) is 4.17. The van der Waals surface area contributed by atoms with Gasteiger partial charge in [-0.1, -0.05) is 12.1 Å². The van der Waals surface area contributed by atoms with Gasteiger partial charge in [-0.3, -0.25) is 5.84 Å². The van der Waals surface area contributed by atoms with Gasteiger partial charge in [0.05, 0.1) is 6.04 Å². The summed E-state index contributed by atoms with van der Waals surface area (Å²) in [5.41, 5.74) is 6.37. The number of nitrogens with zero attached hydrogens (tertiary/aromatic N) is 1. The topological polar surface area (TPSA) is 41.3 Å². The Morgan fingerprint density at radius 3 is 2.33 bits per heavy atom. The van der Waals surface area contributed by atoms with E-state index in [9.17, 15) is 0 Å². The number of hydrogen-bond acceptors (Lipinski definition) is 4. The van der Waals surface area contributed by atoms with Crippen LogP contribution in [0.25, 0.3) is 0 Å². The number of thiophene rings is 1. The molecule has 0 amide bonds. The van der Waals surface area contributed by atoms with Crippen LogP contribution in [0.5, 0.6) is 0 Å². The van der Waals surface area contributed by atoms with E-state index in [1.807, 2.05) is 14.1 Å². The molecule has 0 aliphatic carbocycles. The SMILES string of the molecule is CN(C)c1ccc(C(NN)c2cscc2Br)cc1. The number of hydrogen-bond donors (Lipinski definition) is 2. The van der Waals surface area contributed by atoms with E-state index in [4.69, 9.17) is 5.84 Å². The predicted molar refractivity (Wildman–Crippen MR) is 82.0 cm³/mol. The average molecular weight is 326 g/mol. The van der Waals surface area contributed by atoms with E-state index < -0.39 is 0 Å². The second-order valence-electron chi connectivity index (χ2n) is 4.26. The molecular weight excluding hydrogens is 310 g/mol. The summed E-state index contributed by atoms with van der Waals surface area (Å²) in [5.74, 6) is 5.69. The van der Waals surface area contributed by atoms with Crippen molar-refractivity contribution in [2.24, 2.45) is 5.84 Å². The number of nitrogens with two attached hydrogens (primary N) is 1. The Morgan fingerprint density at radius 2 is 1.89 bits per heavy atom. The zero-order chi connectivity index (χ0) is 13.1. The van der Waals surface area contributed by atoms with Crippen LogP contribution in [0, 0.1) is 0 Å². The van der Waals surface area contributed by atoms with Crippen LogP contribution in [0.2, 0.25) is 0 Å². The molecule has 2 rings (SSSR count). The quantitative estimate of drug-likeness (QED) is 0.670. The van der Waals surface area contributed by atoms with Crippen LogP contribution in [0.15, 0.2) is 39.5 Å². The molecule has 1 atom stereocenters. The maximum Gasteiger partial charge on any atom is 0.0729 e. The van der Waals surface area contributed by atoms with E-state index in [2.05, 4.69) is 61.3 Å². The molecule has 1 heterocycles. The molecule has 0 aliphatic heterocycles. The summed E-state index contributed by atoms with van der Waals surface area (Å²) >= 11 is 5.21. The lowest BCUT2D eigenvalue weighted by molar-refractivity contribution is 0.637. The minimum Gasteiger partial charge on any atom is -0.378 e. The highest BCUT2D eigenvalue weighted by atomic mass is 79.9. The standard InChI is InChI=1S/C13H16BrN3S/c1-17(2)10-5-3-9(4-6-10)13(16-15)11-7-18-8-12(11)14/h3-8,13,16H,15H2,1-2H3. The third-order valence-corrected chi connectivity index (χ3v) is 4.61. The van der Waals surface area contributed by atoms with E-state index in [-0.39, 0.29) is 6.04 Å². The predicted octanol–water partition coefficient (Wildman–Crippen LogP) is 3.13. The number of hydrazine groups is 1. The highest BCUT2D eigenvalue weighted by Gasteiger charge is 2.16. The van der Waals surface area contributed by atoms with Crippen LogP contribution in [0.3, 0.4) is 0 Å². The third-order valence-electron chi connectivity index (χ3n) is 2.86. The molecule has 0 saturated carbocycles. The molecule has 0 spiro atoms. The van der Waals surface area contributed by atoms with Crippen molar-refractivity contribution in [2.75, 3.05) is 19.0 Å². The Morgan fingerprint density at radius 1 is 1.22 bits per heavy atom. The summed E-state index contributed by atoms with van der Waals surface area (Å²) in [6.45, 7) is 0. The molecular formula is C13H16BrN3S. The lowest BCUT2D eigenvalue weighted by atomic mass is 10.0. The van der Waals surface area contributed by atoms with Crippen molar-refractivity contribution in [3.05, 3.63) is 50.6 Å². The lowest BCUT2D eigenvalue weighted by Crippen LogP contribution is -2.28. The minimum atomic E-state index is 0.0156. The van der Waals surface area contributed by atoms with Gasteiger partial charge in [0, 0.05) is 29.6 Å². The molecule has 3 N–H and O–H groups in total. The van der Waals surface area contributed by atoms with Crippen molar-refractivity contribution < 1.29 is 0 Å². The number of benzene rings is 1. The maximum absolute atomic E-state index is 5.69. The Labute approximate surface area is 120 Å². The van der Waals surface area contributed by atoms with E-state index in [0.717, 1.165) is 10.0 Å². The third kappa shape index (κ3) is 2.75. The van der Waals surface area contributed by atoms with Crippen LogP contribution in [-0.4, -0.2) is 14.1 Å². The number of nitrogens with one attached hydrogen (secondary N) is 1. The number of anilines is 1. The highest BCUT2D eigenvalue weighted by Crippen LogP contribution is 2.31. The molecule has 1 aromatic carbocycles. The first-order chi connectivity index (χ1) is 8.63. The molecule has 96 valence electrons. The van der Waals surface area contributed by atoms with Gasteiger partial charge in [-0.2, -0.15) is 11.3 Å². The van der Waals surface area contributed by atoms with Crippen molar-refractivity contribution >= 4 is 33.0 Å². The van der Waals surface area contributed by atoms with Crippen molar-refractivity contribution in [1.82, 2.24) is 5.43 Å². The van der Waals surface area contributed by atoms with E-state index >= 15 is 0 Å². The molecule has 5 heteroatoms. The fourth-order valence-electron chi connectivity index (χ4n) is 1.83. The summed E-state index contributed by atoms with van der Waals surface area (Å²) < 4.78 is 1.09. The van der Waals surface area contributed by atoms with Gasteiger partial charge in [-0.25, -0.2) is 5.43 Å². The fourth-order valence-corrected chi connectivity index (χ4v) is 3.38.